The fourth-order valence-corrected chi connectivity index (χ4v) is 2.31. The standard InChI is InChI=1S/C16H21N3O3/c1-2-10-17-14(20)9-5-6-11-19-15(21)12-7-3-4-8-13(12)18-16(19)22/h3-4,7-8H,2,5-6,9-11H2,1H3,(H,17,20)(H,18,22). The summed E-state index contributed by atoms with van der Waals surface area (Å²) in [6.45, 7) is 3.00. The molecule has 118 valence electrons. The highest BCUT2D eigenvalue weighted by Crippen LogP contribution is 2.03. The minimum Gasteiger partial charge on any atom is -0.356 e. The van der Waals surface area contributed by atoms with Gasteiger partial charge in [0.25, 0.3) is 5.56 Å². The van der Waals surface area contributed by atoms with E-state index >= 15 is 0 Å². The number of nitrogens with one attached hydrogen (secondary N) is 2. The maximum atomic E-state index is 12.3. The van der Waals surface area contributed by atoms with E-state index in [-0.39, 0.29) is 11.5 Å². The first-order valence-electron chi connectivity index (χ1n) is 7.62. The lowest BCUT2D eigenvalue weighted by atomic mass is 10.2. The van der Waals surface area contributed by atoms with E-state index in [2.05, 4.69) is 10.3 Å². The second-order valence-corrected chi connectivity index (χ2v) is 5.24. The van der Waals surface area contributed by atoms with E-state index in [0.29, 0.717) is 43.3 Å². The Kier molecular flexibility index (Phi) is 5.52. The van der Waals surface area contributed by atoms with E-state index in [1.165, 1.54) is 4.57 Å². The Balaban J connectivity index is 1.99. The van der Waals surface area contributed by atoms with Crippen molar-refractivity contribution in [3.8, 4) is 0 Å². The van der Waals surface area contributed by atoms with Crippen LogP contribution in [0.4, 0.5) is 0 Å². The number of unbranched alkanes of at least 4 members (excludes halogenated alkanes) is 1. The number of H-pyrrole nitrogens is 1. The number of benzene rings is 1. The molecule has 0 bridgehead atoms. The molecule has 1 heterocycles. The smallest absolute Gasteiger partial charge is 0.328 e. The van der Waals surface area contributed by atoms with Crippen LogP contribution in [0.15, 0.2) is 33.9 Å². The largest absolute Gasteiger partial charge is 0.356 e. The van der Waals surface area contributed by atoms with Crippen molar-refractivity contribution in [2.45, 2.75) is 39.2 Å². The normalized spacial score (nSPS) is 10.8. The zero-order valence-corrected chi connectivity index (χ0v) is 12.7. The molecule has 0 saturated carbocycles. The number of rotatable bonds is 7. The number of aromatic nitrogens is 2. The van der Waals surface area contributed by atoms with Crippen LogP contribution in [-0.4, -0.2) is 22.0 Å². The molecule has 1 aromatic carbocycles. The minimum atomic E-state index is -0.404. The van der Waals surface area contributed by atoms with Crippen LogP contribution in [0.5, 0.6) is 0 Å². The number of hydrogen-bond acceptors (Lipinski definition) is 3. The number of amides is 1. The predicted molar refractivity (Wildman–Crippen MR) is 86.0 cm³/mol. The number of fused-ring (bicyclic) bond motifs is 1. The van der Waals surface area contributed by atoms with Gasteiger partial charge in [-0.15, -0.1) is 0 Å². The third kappa shape index (κ3) is 3.84. The minimum absolute atomic E-state index is 0.0154. The second kappa shape index (κ2) is 7.59. The van der Waals surface area contributed by atoms with Crippen molar-refractivity contribution in [2.75, 3.05) is 6.54 Å². The van der Waals surface area contributed by atoms with Crippen LogP contribution in [0.1, 0.15) is 32.6 Å². The zero-order valence-electron chi connectivity index (χ0n) is 12.7. The van der Waals surface area contributed by atoms with Gasteiger partial charge in [-0.3, -0.25) is 14.2 Å². The number of carbonyl (C=O) groups is 1. The van der Waals surface area contributed by atoms with Gasteiger partial charge in [-0.05, 0) is 31.4 Å². The highest BCUT2D eigenvalue weighted by molar-refractivity contribution is 5.77. The summed E-state index contributed by atoms with van der Waals surface area (Å²) < 4.78 is 1.20. The molecular weight excluding hydrogens is 282 g/mol. The van der Waals surface area contributed by atoms with Crippen molar-refractivity contribution < 1.29 is 4.79 Å². The first-order valence-corrected chi connectivity index (χ1v) is 7.62. The number of hydrogen-bond donors (Lipinski definition) is 2. The van der Waals surface area contributed by atoms with Crippen LogP contribution in [0.25, 0.3) is 10.9 Å². The molecule has 0 spiro atoms. The van der Waals surface area contributed by atoms with Crippen molar-refractivity contribution >= 4 is 16.8 Å². The number of aromatic amines is 1. The maximum absolute atomic E-state index is 12.3. The van der Waals surface area contributed by atoms with E-state index < -0.39 is 5.69 Å². The monoisotopic (exact) mass is 303 g/mol. The average molecular weight is 303 g/mol. The first kappa shape index (κ1) is 16.0. The summed E-state index contributed by atoms with van der Waals surface area (Å²) >= 11 is 0. The predicted octanol–water partition coefficient (Wildman–Crippen LogP) is 1.39. The van der Waals surface area contributed by atoms with E-state index in [1.807, 2.05) is 6.92 Å². The maximum Gasteiger partial charge on any atom is 0.328 e. The summed E-state index contributed by atoms with van der Waals surface area (Å²) in [5, 5.41) is 3.31. The van der Waals surface area contributed by atoms with E-state index in [9.17, 15) is 14.4 Å². The summed E-state index contributed by atoms with van der Waals surface area (Å²) in [5.41, 5.74) is -0.137. The Morgan fingerprint density at radius 1 is 1.23 bits per heavy atom. The molecule has 0 unspecified atom stereocenters. The van der Waals surface area contributed by atoms with E-state index in [1.54, 1.807) is 24.3 Å². The van der Waals surface area contributed by atoms with Crippen molar-refractivity contribution in [3.63, 3.8) is 0 Å². The quantitative estimate of drug-likeness (QED) is 0.758. The summed E-state index contributed by atoms with van der Waals surface area (Å²) in [6, 6.07) is 6.95. The number of carbonyl (C=O) groups excluding carboxylic acids is 1. The highest BCUT2D eigenvalue weighted by Gasteiger charge is 2.07. The lowest BCUT2D eigenvalue weighted by Crippen LogP contribution is -2.35. The molecule has 0 saturated heterocycles. The van der Waals surface area contributed by atoms with Crippen LogP contribution < -0.4 is 16.6 Å². The van der Waals surface area contributed by atoms with Crippen LogP contribution in [0, 0.1) is 0 Å². The molecule has 22 heavy (non-hydrogen) atoms. The fourth-order valence-electron chi connectivity index (χ4n) is 2.31. The third-order valence-electron chi connectivity index (χ3n) is 3.50. The summed E-state index contributed by atoms with van der Waals surface area (Å²) in [4.78, 5) is 38.4. The number of para-hydroxylation sites is 1. The van der Waals surface area contributed by atoms with Crippen molar-refractivity contribution in [3.05, 3.63) is 45.1 Å². The zero-order chi connectivity index (χ0) is 15.9. The van der Waals surface area contributed by atoms with Crippen molar-refractivity contribution in [1.29, 1.82) is 0 Å². The molecule has 1 aromatic heterocycles. The Morgan fingerprint density at radius 3 is 2.77 bits per heavy atom. The second-order valence-electron chi connectivity index (χ2n) is 5.24. The first-order chi connectivity index (χ1) is 10.6. The van der Waals surface area contributed by atoms with E-state index in [4.69, 9.17) is 0 Å². The van der Waals surface area contributed by atoms with Gasteiger partial charge in [0.15, 0.2) is 0 Å². The van der Waals surface area contributed by atoms with Crippen molar-refractivity contribution in [2.24, 2.45) is 0 Å². The molecular formula is C16H21N3O3. The molecule has 6 nitrogen and oxygen atoms in total. The van der Waals surface area contributed by atoms with Gasteiger partial charge in [-0.2, -0.15) is 0 Å². The van der Waals surface area contributed by atoms with Crippen molar-refractivity contribution in [1.82, 2.24) is 14.9 Å². The van der Waals surface area contributed by atoms with Crippen LogP contribution >= 0.6 is 0 Å². The van der Waals surface area contributed by atoms with Gasteiger partial charge in [0.2, 0.25) is 5.91 Å². The molecule has 0 aliphatic heterocycles. The lowest BCUT2D eigenvalue weighted by molar-refractivity contribution is -0.121. The molecule has 2 rings (SSSR count). The Morgan fingerprint density at radius 2 is 2.00 bits per heavy atom. The molecule has 6 heteroatoms. The van der Waals surface area contributed by atoms with Crippen LogP contribution in [-0.2, 0) is 11.3 Å². The summed E-state index contributed by atoms with van der Waals surface area (Å²) in [5.74, 6) is 0.0154. The van der Waals surface area contributed by atoms with Crippen LogP contribution in [0.3, 0.4) is 0 Å². The van der Waals surface area contributed by atoms with Gasteiger partial charge in [0.05, 0.1) is 10.9 Å². The topological polar surface area (TPSA) is 84.0 Å². The Labute approximate surface area is 128 Å². The molecule has 0 fully saturated rings. The fraction of sp³-hybridized carbons (Fsp3) is 0.438. The molecule has 0 atom stereocenters. The van der Waals surface area contributed by atoms with Gasteiger partial charge >= 0.3 is 5.69 Å². The number of nitrogens with zero attached hydrogens (tertiary/aromatic N) is 1. The van der Waals surface area contributed by atoms with Gasteiger partial charge in [-0.1, -0.05) is 19.1 Å². The Hall–Kier alpha value is -2.37. The van der Waals surface area contributed by atoms with E-state index in [0.717, 1.165) is 6.42 Å². The summed E-state index contributed by atoms with van der Waals surface area (Å²) in [6.07, 6.45) is 2.59. The lowest BCUT2D eigenvalue weighted by Gasteiger charge is -2.06. The highest BCUT2D eigenvalue weighted by atomic mass is 16.2. The molecule has 0 aliphatic carbocycles. The molecule has 2 aromatic rings. The van der Waals surface area contributed by atoms with Crippen LogP contribution in [0.2, 0.25) is 0 Å². The molecule has 0 aliphatic rings. The van der Waals surface area contributed by atoms with Gasteiger partial charge in [0, 0.05) is 19.5 Å². The summed E-state index contributed by atoms with van der Waals surface area (Å²) in [7, 11) is 0. The SMILES string of the molecule is CCCNC(=O)CCCCn1c(=O)[nH]c2ccccc2c1=O. The Bertz CT molecular complexity index is 761. The molecule has 2 N–H and O–H groups in total. The molecule has 1 amide bonds. The average Bonchev–Trinajstić information content (AvgIpc) is 2.52. The van der Waals surface area contributed by atoms with Gasteiger partial charge < -0.3 is 10.3 Å². The third-order valence-corrected chi connectivity index (χ3v) is 3.50. The molecule has 0 radical (unpaired) electrons. The van der Waals surface area contributed by atoms with Gasteiger partial charge in [-0.25, -0.2) is 4.79 Å². The van der Waals surface area contributed by atoms with Gasteiger partial charge in [0.1, 0.15) is 0 Å².